The highest BCUT2D eigenvalue weighted by Gasteiger charge is 2.05. The molecule has 0 aliphatic rings. The Labute approximate surface area is 89.5 Å². The van der Waals surface area contributed by atoms with Crippen LogP contribution in [0.1, 0.15) is 31.3 Å². The van der Waals surface area contributed by atoms with Gasteiger partial charge in [-0.2, -0.15) is 0 Å². The minimum atomic E-state index is 0.358. The average Bonchev–Trinajstić information content (AvgIpc) is 2.70. The molecule has 1 aromatic rings. The quantitative estimate of drug-likeness (QED) is 0.707. The Kier molecular flexibility index (Phi) is 5.75. The van der Waals surface area contributed by atoms with Crippen LogP contribution in [0.25, 0.3) is 0 Å². The van der Waals surface area contributed by atoms with Gasteiger partial charge in [-0.15, -0.1) is 11.3 Å². The zero-order valence-electron chi connectivity index (χ0n) is 8.82. The molecule has 0 amide bonds. The van der Waals surface area contributed by atoms with Crippen molar-refractivity contribution in [2.75, 3.05) is 19.8 Å². The van der Waals surface area contributed by atoms with Crippen molar-refractivity contribution in [3.63, 3.8) is 0 Å². The summed E-state index contributed by atoms with van der Waals surface area (Å²) in [6.07, 6.45) is 2.90. The van der Waals surface area contributed by atoms with Gasteiger partial charge in [0, 0.05) is 24.8 Å². The van der Waals surface area contributed by atoms with Gasteiger partial charge in [0.2, 0.25) is 0 Å². The van der Waals surface area contributed by atoms with E-state index in [-0.39, 0.29) is 0 Å². The largest absolute Gasteiger partial charge is 0.382 e. The molecule has 0 aromatic carbocycles. The summed E-state index contributed by atoms with van der Waals surface area (Å²) in [7, 11) is 0. The molecule has 14 heavy (non-hydrogen) atoms. The van der Waals surface area contributed by atoms with Crippen LogP contribution in [-0.4, -0.2) is 24.7 Å². The van der Waals surface area contributed by atoms with E-state index in [0.29, 0.717) is 6.04 Å². The highest BCUT2D eigenvalue weighted by atomic mass is 32.1. The van der Waals surface area contributed by atoms with Gasteiger partial charge in [0.05, 0.1) is 6.04 Å². The van der Waals surface area contributed by atoms with Gasteiger partial charge in [-0.1, -0.05) is 0 Å². The third-order valence-electron chi connectivity index (χ3n) is 1.94. The van der Waals surface area contributed by atoms with E-state index in [9.17, 15) is 0 Å². The summed E-state index contributed by atoms with van der Waals surface area (Å²) in [5, 5.41) is 6.57. The number of thiazole rings is 1. The van der Waals surface area contributed by atoms with Gasteiger partial charge in [0.25, 0.3) is 0 Å². The van der Waals surface area contributed by atoms with Crippen LogP contribution in [0.5, 0.6) is 0 Å². The summed E-state index contributed by atoms with van der Waals surface area (Å²) in [6.45, 7) is 6.79. The number of nitrogens with one attached hydrogen (secondary N) is 1. The molecule has 1 rings (SSSR count). The molecule has 0 saturated heterocycles. The number of rotatable bonds is 7. The lowest BCUT2D eigenvalue weighted by atomic mass is 10.3. The lowest BCUT2D eigenvalue weighted by Crippen LogP contribution is -2.20. The van der Waals surface area contributed by atoms with Crippen LogP contribution in [-0.2, 0) is 4.74 Å². The summed E-state index contributed by atoms with van der Waals surface area (Å²) in [5.41, 5.74) is 0. The van der Waals surface area contributed by atoms with E-state index in [2.05, 4.69) is 17.2 Å². The van der Waals surface area contributed by atoms with Gasteiger partial charge in [0.1, 0.15) is 5.01 Å². The molecule has 1 aromatic heterocycles. The fourth-order valence-electron chi connectivity index (χ4n) is 1.17. The van der Waals surface area contributed by atoms with Gasteiger partial charge in [-0.05, 0) is 26.8 Å². The van der Waals surface area contributed by atoms with Crippen LogP contribution in [0.4, 0.5) is 0 Å². The van der Waals surface area contributed by atoms with Crippen molar-refractivity contribution < 1.29 is 4.74 Å². The topological polar surface area (TPSA) is 34.1 Å². The number of ether oxygens (including phenoxy) is 1. The molecule has 0 aliphatic carbocycles. The summed E-state index contributed by atoms with van der Waals surface area (Å²) >= 11 is 1.69. The first-order chi connectivity index (χ1) is 6.84. The monoisotopic (exact) mass is 214 g/mol. The average molecular weight is 214 g/mol. The normalized spacial score (nSPS) is 13.0. The standard InChI is InChI=1S/C10H18N2OS/c1-3-13-7-4-5-11-9(2)10-12-6-8-14-10/h6,8-9,11H,3-5,7H2,1-2H3/t9-/m0/s1. The lowest BCUT2D eigenvalue weighted by Gasteiger charge is -2.10. The van der Waals surface area contributed by atoms with Crippen molar-refractivity contribution >= 4 is 11.3 Å². The molecular formula is C10H18N2OS. The van der Waals surface area contributed by atoms with E-state index in [0.717, 1.165) is 31.2 Å². The molecular weight excluding hydrogens is 196 g/mol. The second-order valence-corrected chi connectivity index (χ2v) is 4.02. The number of hydrogen-bond donors (Lipinski definition) is 1. The SMILES string of the molecule is CCOCCCN[C@@H](C)c1nccs1. The minimum Gasteiger partial charge on any atom is -0.382 e. The fourth-order valence-corrected chi connectivity index (χ4v) is 1.84. The summed E-state index contributed by atoms with van der Waals surface area (Å²) in [4.78, 5) is 4.26. The predicted molar refractivity (Wildman–Crippen MR) is 59.6 cm³/mol. The first kappa shape index (κ1) is 11.6. The fraction of sp³-hybridized carbons (Fsp3) is 0.700. The molecule has 80 valence electrons. The van der Waals surface area contributed by atoms with Gasteiger partial charge in [-0.3, -0.25) is 0 Å². The van der Waals surface area contributed by atoms with E-state index in [4.69, 9.17) is 4.74 Å². The van der Waals surface area contributed by atoms with Crippen LogP contribution < -0.4 is 5.32 Å². The maximum atomic E-state index is 5.25. The maximum Gasteiger partial charge on any atom is 0.109 e. The Morgan fingerprint density at radius 2 is 2.50 bits per heavy atom. The molecule has 1 heterocycles. The molecule has 3 nitrogen and oxygen atoms in total. The zero-order valence-corrected chi connectivity index (χ0v) is 9.64. The molecule has 0 fully saturated rings. The minimum absolute atomic E-state index is 0.358. The van der Waals surface area contributed by atoms with E-state index >= 15 is 0 Å². The van der Waals surface area contributed by atoms with Crippen molar-refractivity contribution in [2.45, 2.75) is 26.3 Å². The molecule has 1 atom stereocenters. The molecule has 4 heteroatoms. The molecule has 0 bridgehead atoms. The molecule has 0 saturated carbocycles. The van der Waals surface area contributed by atoms with Crippen LogP contribution in [0.15, 0.2) is 11.6 Å². The van der Waals surface area contributed by atoms with Crippen molar-refractivity contribution in [1.82, 2.24) is 10.3 Å². The van der Waals surface area contributed by atoms with E-state index in [1.54, 1.807) is 11.3 Å². The van der Waals surface area contributed by atoms with E-state index < -0.39 is 0 Å². The number of aromatic nitrogens is 1. The van der Waals surface area contributed by atoms with Gasteiger partial charge < -0.3 is 10.1 Å². The smallest absolute Gasteiger partial charge is 0.109 e. The third kappa shape index (κ3) is 4.17. The van der Waals surface area contributed by atoms with Crippen molar-refractivity contribution in [2.24, 2.45) is 0 Å². The molecule has 1 N–H and O–H groups in total. The van der Waals surface area contributed by atoms with Gasteiger partial charge in [0.15, 0.2) is 0 Å². The molecule has 0 aliphatic heterocycles. The maximum absolute atomic E-state index is 5.25. The summed E-state index contributed by atoms with van der Waals surface area (Å²) in [5.74, 6) is 0. The second-order valence-electron chi connectivity index (χ2n) is 3.10. The van der Waals surface area contributed by atoms with Crippen molar-refractivity contribution in [1.29, 1.82) is 0 Å². The number of hydrogen-bond acceptors (Lipinski definition) is 4. The van der Waals surface area contributed by atoms with Gasteiger partial charge >= 0.3 is 0 Å². The third-order valence-corrected chi connectivity index (χ3v) is 2.90. The highest BCUT2D eigenvalue weighted by molar-refractivity contribution is 7.09. The summed E-state index contributed by atoms with van der Waals surface area (Å²) < 4.78 is 5.25. The van der Waals surface area contributed by atoms with Crippen molar-refractivity contribution in [3.8, 4) is 0 Å². The Bertz CT molecular complexity index is 226. The Morgan fingerprint density at radius 1 is 1.64 bits per heavy atom. The van der Waals surface area contributed by atoms with E-state index in [1.165, 1.54) is 0 Å². The number of nitrogens with zero attached hydrogens (tertiary/aromatic N) is 1. The molecule has 0 radical (unpaired) electrons. The van der Waals surface area contributed by atoms with Crippen molar-refractivity contribution in [3.05, 3.63) is 16.6 Å². The van der Waals surface area contributed by atoms with Crippen LogP contribution in [0, 0.1) is 0 Å². The Morgan fingerprint density at radius 3 is 3.14 bits per heavy atom. The Hall–Kier alpha value is -0.450. The first-order valence-electron chi connectivity index (χ1n) is 5.05. The van der Waals surface area contributed by atoms with Crippen LogP contribution in [0.2, 0.25) is 0 Å². The summed E-state index contributed by atoms with van der Waals surface area (Å²) in [6, 6.07) is 0.358. The second kappa shape index (κ2) is 6.92. The van der Waals surface area contributed by atoms with E-state index in [1.807, 2.05) is 18.5 Å². The van der Waals surface area contributed by atoms with Crippen LogP contribution in [0.3, 0.4) is 0 Å². The lowest BCUT2D eigenvalue weighted by molar-refractivity contribution is 0.144. The highest BCUT2D eigenvalue weighted by Crippen LogP contribution is 2.14. The zero-order chi connectivity index (χ0) is 10.2. The van der Waals surface area contributed by atoms with Gasteiger partial charge in [-0.25, -0.2) is 4.98 Å². The molecule has 0 unspecified atom stereocenters. The predicted octanol–water partition coefficient (Wildman–Crippen LogP) is 2.22. The Balaban J connectivity index is 2.07. The molecule has 0 spiro atoms. The van der Waals surface area contributed by atoms with Crippen LogP contribution >= 0.6 is 11.3 Å². The first-order valence-corrected chi connectivity index (χ1v) is 5.93.